The van der Waals surface area contributed by atoms with Crippen LogP contribution in [0.4, 0.5) is 0 Å². The Bertz CT molecular complexity index is 496. The largest absolute Gasteiger partial charge is 0.472 e. The highest BCUT2D eigenvalue weighted by Crippen LogP contribution is 2.30. The van der Waals surface area contributed by atoms with Crippen LogP contribution in [0.1, 0.15) is 13.3 Å². The quantitative estimate of drug-likeness (QED) is 0.156. The summed E-state index contributed by atoms with van der Waals surface area (Å²) in [6, 6.07) is 0.322. The fraction of sp³-hybridized carbons (Fsp3) is 0.842. The van der Waals surface area contributed by atoms with Gasteiger partial charge in [-0.3, -0.25) is 0 Å². The average Bonchev–Trinajstić information content (AvgIpc) is 2.44. The standard InChI is InChI=1S/C19H44O7Si4/c1-11-13-19(21)23-15-12-14-22-16-18(20)17-30(24-27(2,3)4,25-28(5,6)7)26-29(8,9)10/h11,13,18,20H,12,14-17H2,1-10H3. The third-order valence-corrected chi connectivity index (χ3v) is 15.2. The second-order valence-corrected chi connectivity index (χ2v) is 27.2. The Morgan fingerprint density at radius 1 is 0.867 bits per heavy atom. The lowest BCUT2D eigenvalue weighted by Gasteiger charge is -2.43. The van der Waals surface area contributed by atoms with E-state index < -0.39 is 39.9 Å². The van der Waals surface area contributed by atoms with Crippen LogP contribution in [-0.2, 0) is 26.6 Å². The van der Waals surface area contributed by atoms with Crippen molar-refractivity contribution in [3.8, 4) is 0 Å². The maximum absolute atomic E-state index is 11.3. The number of hydrogen-bond acceptors (Lipinski definition) is 7. The third kappa shape index (κ3) is 16.6. The zero-order valence-electron chi connectivity index (χ0n) is 20.7. The van der Waals surface area contributed by atoms with Crippen LogP contribution in [-0.4, -0.2) is 70.8 Å². The van der Waals surface area contributed by atoms with E-state index >= 15 is 0 Å². The highest BCUT2D eigenvalue weighted by atomic mass is 28.5. The summed E-state index contributed by atoms with van der Waals surface area (Å²) in [4.78, 5) is 11.3. The molecule has 0 radical (unpaired) electrons. The van der Waals surface area contributed by atoms with Crippen molar-refractivity contribution in [1.82, 2.24) is 0 Å². The Morgan fingerprint density at radius 2 is 1.33 bits per heavy atom. The van der Waals surface area contributed by atoms with Crippen molar-refractivity contribution in [2.45, 2.75) is 84.4 Å². The SMILES string of the molecule is CC=CC(=O)OCCCOCC(O)C[Si](O[Si](C)(C)C)(O[Si](C)(C)C)O[Si](C)(C)C. The second-order valence-electron chi connectivity index (χ2n) is 10.3. The number of allylic oxidation sites excluding steroid dienone is 1. The minimum Gasteiger partial charge on any atom is -0.462 e. The first-order chi connectivity index (χ1) is 13.5. The van der Waals surface area contributed by atoms with E-state index in [9.17, 15) is 9.90 Å². The molecule has 1 atom stereocenters. The summed E-state index contributed by atoms with van der Waals surface area (Å²) in [5.41, 5.74) is 0. The molecule has 0 aliphatic carbocycles. The summed E-state index contributed by atoms with van der Waals surface area (Å²) in [6.45, 7) is 21.7. The van der Waals surface area contributed by atoms with Gasteiger partial charge in [0.05, 0.1) is 19.3 Å². The molecule has 1 unspecified atom stereocenters. The van der Waals surface area contributed by atoms with Crippen molar-refractivity contribution >= 4 is 39.7 Å². The molecule has 0 fully saturated rings. The number of esters is 1. The van der Waals surface area contributed by atoms with Gasteiger partial charge in [0, 0.05) is 25.1 Å². The highest BCUT2D eigenvalue weighted by molar-refractivity contribution is 6.90. The summed E-state index contributed by atoms with van der Waals surface area (Å²) in [5.74, 6) is -0.358. The summed E-state index contributed by atoms with van der Waals surface area (Å²) < 4.78 is 30.3. The summed E-state index contributed by atoms with van der Waals surface area (Å²) in [5, 5.41) is 10.7. The van der Waals surface area contributed by atoms with E-state index in [4.69, 9.17) is 21.8 Å². The number of hydrogen-bond donors (Lipinski definition) is 1. The molecule has 1 N–H and O–H groups in total. The Hall–Kier alpha value is -0.122. The molecular formula is C19H44O7Si4. The first-order valence-corrected chi connectivity index (χ1v) is 22.8. The monoisotopic (exact) mass is 496 g/mol. The maximum Gasteiger partial charge on any atom is 0.472 e. The van der Waals surface area contributed by atoms with Gasteiger partial charge in [0.2, 0.25) is 0 Å². The first-order valence-electron chi connectivity index (χ1n) is 10.6. The van der Waals surface area contributed by atoms with Gasteiger partial charge < -0.3 is 26.9 Å². The van der Waals surface area contributed by atoms with Crippen molar-refractivity contribution in [3.63, 3.8) is 0 Å². The van der Waals surface area contributed by atoms with E-state index in [1.807, 2.05) is 0 Å². The Balaban J connectivity index is 4.96. The molecule has 0 aliphatic rings. The molecule has 30 heavy (non-hydrogen) atoms. The molecule has 0 saturated heterocycles. The Morgan fingerprint density at radius 3 is 1.73 bits per heavy atom. The number of aliphatic hydroxyl groups excluding tert-OH is 1. The van der Waals surface area contributed by atoms with Crippen LogP contribution in [0.25, 0.3) is 0 Å². The van der Waals surface area contributed by atoms with Gasteiger partial charge in [-0.2, -0.15) is 0 Å². The molecule has 0 aromatic rings. The average molecular weight is 497 g/mol. The predicted octanol–water partition coefficient (Wildman–Crippen LogP) is 4.37. The van der Waals surface area contributed by atoms with Gasteiger partial charge in [0.15, 0.2) is 25.0 Å². The van der Waals surface area contributed by atoms with Gasteiger partial charge in [-0.25, -0.2) is 4.79 Å². The number of aliphatic hydroxyl groups is 1. The van der Waals surface area contributed by atoms with Gasteiger partial charge in [-0.15, -0.1) is 0 Å². The number of carbonyl (C=O) groups is 1. The smallest absolute Gasteiger partial charge is 0.462 e. The third-order valence-electron chi connectivity index (χ3n) is 3.16. The summed E-state index contributed by atoms with van der Waals surface area (Å²) >= 11 is 0. The van der Waals surface area contributed by atoms with Crippen LogP contribution in [0.5, 0.6) is 0 Å². The fourth-order valence-corrected chi connectivity index (χ4v) is 17.2. The molecule has 0 aromatic carbocycles. The molecule has 7 nitrogen and oxygen atoms in total. The predicted molar refractivity (Wildman–Crippen MR) is 131 cm³/mol. The lowest BCUT2D eigenvalue weighted by atomic mass is 10.4. The summed E-state index contributed by atoms with van der Waals surface area (Å²) in [6.07, 6.45) is 2.84. The van der Waals surface area contributed by atoms with Gasteiger partial charge in [0.1, 0.15) is 0 Å². The van der Waals surface area contributed by atoms with E-state index in [1.165, 1.54) is 6.08 Å². The van der Waals surface area contributed by atoms with Crippen LogP contribution in [0.15, 0.2) is 12.2 Å². The normalized spacial score (nSPS) is 14.9. The number of ether oxygens (including phenoxy) is 2. The molecule has 0 spiro atoms. The van der Waals surface area contributed by atoms with Crippen molar-refractivity contribution in [1.29, 1.82) is 0 Å². The molecular weight excluding hydrogens is 453 g/mol. The molecule has 0 saturated carbocycles. The molecule has 0 rings (SSSR count). The van der Waals surface area contributed by atoms with Crippen LogP contribution >= 0.6 is 0 Å². The topological polar surface area (TPSA) is 83.5 Å². The molecule has 178 valence electrons. The lowest BCUT2D eigenvalue weighted by molar-refractivity contribution is -0.138. The van der Waals surface area contributed by atoms with Crippen molar-refractivity contribution in [2.24, 2.45) is 0 Å². The van der Waals surface area contributed by atoms with E-state index in [0.29, 0.717) is 19.1 Å². The highest BCUT2D eigenvalue weighted by Gasteiger charge is 2.51. The zero-order chi connectivity index (χ0) is 23.6. The van der Waals surface area contributed by atoms with Crippen LogP contribution in [0.3, 0.4) is 0 Å². The number of carbonyl (C=O) groups excluding carboxylic acids is 1. The van der Waals surface area contributed by atoms with Gasteiger partial charge in [-0.05, 0) is 65.8 Å². The van der Waals surface area contributed by atoms with Crippen LogP contribution < -0.4 is 0 Å². The first kappa shape index (κ1) is 29.9. The second kappa shape index (κ2) is 12.8. The van der Waals surface area contributed by atoms with Crippen molar-refractivity contribution < 1.29 is 31.7 Å². The van der Waals surface area contributed by atoms with Gasteiger partial charge in [0.25, 0.3) is 0 Å². The molecule has 0 aliphatic heterocycles. The van der Waals surface area contributed by atoms with E-state index in [-0.39, 0.29) is 19.2 Å². The molecule has 0 amide bonds. The van der Waals surface area contributed by atoms with Crippen LogP contribution in [0.2, 0.25) is 65.0 Å². The van der Waals surface area contributed by atoms with E-state index in [2.05, 4.69) is 58.9 Å². The lowest BCUT2D eigenvalue weighted by Crippen LogP contribution is -2.61. The minimum absolute atomic E-state index is 0.163. The van der Waals surface area contributed by atoms with E-state index in [0.717, 1.165) is 0 Å². The minimum atomic E-state index is -3.09. The van der Waals surface area contributed by atoms with Gasteiger partial charge >= 0.3 is 14.8 Å². The molecule has 11 heteroatoms. The fourth-order valence-electron chi connectivity index (χ4n) is 2.67. The summed E-state index contributed by atoms with van der Waals surface area (Å²) in [7, 11) is -9.01. The Kier molecular flexibility index (Phi) is 12.7. The molecule has 0 aromatic heterocycles. The molecule has 0 heterocycles. The van der Waals surface area contributed by atoms with Crippen LogP contribution in [0, 0.1) is 0 Å². The van der Waals surface area contributed by atoms with E-state index in [1.54, 1.807) is 13.0 Å². The van der Waals surface area contributed by atoms with Gasteiger partial charge in [-0.1, -0.05) is 6.08 Å². The number of rotatable bonds is 15. The molecule has 0 bridgehead atoms. The van der Waals surface area contributed by atoms with Crippen molar-refractivity contribution in [2.75, 3.05) is 19.8 Å². The maximum atomic E-state index is 11.3. The van der Waals surface area contributed by atoms with Crippen molar-refractivity contribution in [3.05, 3.63) is 12.2 Å². The Labute approximate surface area is 187 Å². The zero-order valence-corrected chi connectivity index (χ0v) is 24.7.